The fourth-order valence-electron chi connectivity index (χ4n) is 3.11. The summed E-state index contributed by atoms with van der Waals surface area (Å²) in [5.41, 5.74) is 0.892. The lowest BCUT2D eigenvalue weighted by atomic mass is 10.1. The van der Waals surface area contributed by atoms with E-state index in [1.807, 2.05) is 30.3 Å². The highest BCUT2D eigenvalue weighted by molar-refractivity contribution is 6.04. The molecule has 2 heterocycles. The Morgan fingerprint density at radius 2 is 1.64 bits per heavy atom. The molecular weight excluding hydrogens is 433 g/mol. The summed E-state index contributed by atoms with van der Waals surface area (Å²) in [5.74, 6) is -2.21. The van der Waals surface area contributed by atoms with Crippen LogP contribution in [0.4, 0.5) is 24.7 Å². The minimum absolute atomic E-state index is 0.228. The molecule has 2 aromatic carbocycles. The third-order valence-electron chi connectivity index (χ3n) is 4.70. The highest BCUT2D eigenvalue weighted by Gasteiger charge is 2.42. The van der Waals surface area contributed by atoms with Gasteiger partial charge in [-0.2, -0.15) is 13.2 Å². The van der Waals surface area contributed by atoms with E-state index < -0.39 is 23.5 Å². The van der Waals surface area contributed by atoms with Gasteiger partial charge in [-0.25, -0.2) is 9.97 Å². The predicted octanol–water partition coefficient (Wildman–Crippen LogP) is 5.66. The van der Waals surface area contributed by atoms with Gasteiger partial charge in [-0.15, -0.1) is 0 Å². The van der Waals surface area contributed by atoms with Gasteiger partial charge in [0.1, 0.15) is 5.82 Å². The van der Waals surface area contributed by atoms with Gasteiger partial charge in [0.2, 0.25) is 11.7 Å². The van der Waals surface area contributed by atoms with E-state index in [1.54, 1.807) is 42.5 Å². The SMILES string of the molecule is O=C(Nc1ccc(NCCc2ccccc2)nc1)c1nc(-c2ccccc2)oc1C(F)(F)F. The Balaban J connectivity index is 1.44. The summed E-state index contributed by atoms with van der Waals surface area (Å²) < 4.78 is 45.2. The Bertz CT molecular complexity index is 1210. The smallest absolute Gasteiger partial charge is 0.431 e. The van der Waals surface area contributed by atoms with Crippen LogP contribution in [-0.2, 0) is 12.6 Å². The number of nitrogens with one attached hydrogen (secondary N) is 2. The van der Waals surface area contributed by atoms with Crippen molar-refractivity contribution < 1.29 is 22.4 Å². The van der Waals surface area contributed by atoms with Crippen molar-refractivity contribution in [3.63, 3.8) is 0 Å². The van der Waals surface area contributed by atoms with Crippen molar-refractivity contribution in [2.75, 3.05) is 17.2 Å². The number of alkyl halides is 3. The van der Waals surface area contributed by atoms with E-state index in [9.17, 15) is 18.0 Å². The van der Waals surface area contributed by atoms with Crippen LogP contribution >= 0.6 is 0 Å². The zero-order chi connectivity index (χ0) is 23.3. The molecule has 0 aliphatic heterocycles. The monoisotopic (exact) mass is 452 g/mol. The molecular formula is C24H19F3N4O2. The Hall–Kier alpha value is -4.14. The van der Waals surface area contributed by atoms with E-state index in [1.165, 1.54) is 11.8 Å². The van der Waals surface area contributed by atoms with E-state index in [0.29, 0.717) is 17.9 Å². The predicted molar refractivity (Wildman–Crippen MR) is 118 cm³/mol. The number of aromatic nitrogens is 2. The fraction of sp³-hybridized carbons (Fsp3) is 0.125. The summed E-state index contributed by atoms with van der Waals surface area (Å²) in [6.45, 7) is 0.652. The molecule has 168 valence electrons. The summed E-state index contributed by atoms with van der Waals surface area (Å²) in [7, 11) is 0. The second-order valence-electron chi connectivity index (χ2n) is 7.11. The van der Waals surface area contributed by atoms with Crippen LogP contribution in [0.15, 0.2) is 83.4 Å². The van der Waals surface area contributed by atoms with Crippen molar-refractivity contribution in [2.45, 2.75) is 12.6 Å². The number of anilines is 2. The minimum Gasteiger partial charge on any atom is -0.431 e. The van der Waals surface area contributed by atoms with Crippen molar-refractivity contribution in [3.05, 3.63) is 96.0 Å². The number of rotatable bonds is 7. The number of oxazole rings is 1. The van der Waals surface area contributed by atoms with Gasteiger partial charge < -0.3 is 15.1 Å². The number of carbonyl (C=O) groups is 1. The van der Waals surface area contributed by atoms with Crippen LogP contribution in [0.25, 0.3) is 11.5 Å². The highest BCUT2D eigenvalue weighted by Crippen LogP contribution is 2.35. The first-order valence-corrected chi connectivity index (χ1v) is 10.1. The molecule has 0 atom stereocenters. The summed E-state index contributed by atoms with van der Waals surface area (Å²) in [5, 5.41) is 5.55. The Morgan fingerprint density at radius 1 is 0.939 bits per heavy atom. The van der Waals surface area contributed by atoms with Crippen LogP contribution in [-0.4, -0.2) is 22.4 Å². The van der Waals surface area contributed by atoms with Crippen molar-refractivity contribution in [2.24, 2.45) is 0 Å². The zero-order valence-electron chi connectivity index (χ0n) is 17.3. The molecule has 1 amide bonds. The van der Waals surface area contributed by atoms with Gasteiger partial charge in [0.25, 0.3) is 5.91 Å². The molecule has 0 saturated carbocycles. The molecule has 0 spiro atoms. The van der Waals surface area contributed by atoms with E-state index in [4.69, 9.17) is 4.42 Å². The van der Waals surface area contributed by atoms with E-state index >= 15 is 0 Å². The third kappa shape index (κ3) is 5.57. The van der Waals surface area contributed by atoms with Gasteiger partial charge in [0, 0.05) is 12.1 Å². The van der Waals surface area contributed by atoms with Crippen molar-refractivity contribution in [1.29, 1.82) is 0 Å². The van der Waals surface area contributed by atoms with Crippen LogP contribution in [0, 0.1) is 0 Å². The number of hydrogen-bond donors (Lipinski definition) is 2. The van der Waals surface area contributed by atoms with Crippen molar-refractivity contribution in [3.8, 4) is 11.5 Å². The van der Waals surface area contributed by atoms with Crippen LogP contribution in [0.5, 0.6) is 0 Å². The molecule has 0 unspecified atom stereocenters. The molecule has 0 aliphatic rings. The molecule has 4 aromatic rings. The number of pyridine rings is 1. The number of benzene rings is 2. The normalized spacial score (nSPS) is 11.2. The van der Waals surface area contributed by atoms with Crippen molar-refractivity contribution >= 4 is 17.4 Å². The lowest BCUT2D eigenvalue weighted by molar-refractivity contribution is -0.153. The Kier molecular flexibility index (Phi) is 6.39. The highest BCUT2D eigenvalue weighted by atomic mass is 19.4. The van der Waals surface area contributed by atoms with Crippen molar-refractivity contribution in [1.82, 2.24) is 9.97 Å². The van der Waals surface area contributed by atoms with Crippen LogP contribution in [0.3, 0.4) is 0 Å². The molecule has 2 aromatic heterocycles. The largest absolute Gasteiger partial charge is 0.452 e. The molecule has 0 radical (unpaired) electrons. The zero-order valence-corrected chi connectivity index (χ0v) is 17.3. The second kappa shape index (κ2) is 9.56. The third-order valence-corrected chi connectivity index (χ3v) is 4.70. The number of amides is 1. The second-order valence-corrected chi connectivity index (χ2v) is 7.11. The fourth-order valence-corrected chi connectivity index (χ4v) is 3.11. The number of halogens is 3. The lowest BCUT2D eigenvalue weighted by Gasteiger charge is -2.08. The first-order valence-electron chi connectivity index (χ1n) is 10.1. The Labute approximate surface area is 187 Å². The minimum atomic E-state index is -4.88. The molecule has 2 N–H and O–H groups in total. The summed E-state index contributed by atoms with van der Waals surface area (Å²) >= 11 is 0. The van der Waals surface area contributed by atoms with Crippen LogP contribution in [0.1, 0.15) is 21.8 Å². The van der Waals surface area contributed by atoms with E-state index in [-0.39, 0.29) is 11.6 Å². The number of nitrogens with zero attached hydrogens (tertiary/aromatic N) is 2. The number of hydrogen-bond acceptors (Lipinski definition) is 5. The number of carbonyl (C=O) groups excluding carboxylic acids is 1. The molecule has 33 heavy (non-hydrogen) atoms. The lowest BCUT2D eigenvalue weighted by Crippen LogP contribution is -2.18. The maximum atomic E-state index is 13.4. The van der Waals surface area contributed by atoms with E-state index in [2.05, 4.69) is 20.6 Å². The first-order chi connectivity index (χ1) is 15.9. The van der Waals surface area contributed by atoms with Crippen LogP contribution in [0.2, 0.25) is 0 Å². The molecule has 0 fully saturated rings. The maximum absolute atomic E-state index is 13.4. The average molecular weight is 452 g/mol. The van der Waals surface area contributed by atoms with Gasteiger partial charge in [-0.1, -0.05) is 48.5 Å². The molecule has 0 saturated heterocycles. The topological polar surface area (TPSA) is 80.0 Å². The average Bonchev–Trinajstić information content (AvgIpc) is 3.28. The van der Waals surface area contributed by atoms with Gasteiger partial charge in [-0.3, -0.25) is 4.79 Å². The molecule has 6 nitrogen and oxygen atoms in total. The molecule has 0 bridgehead atoms. The molecule has 0 aliphatic carbocycles. The summed E-state index contributed by atoms with van der Waals surface area (Å²) in [6.07, 6.45) is -2.72. The van der Waals surface area contributed by atoms with Gasteiger partial charge in [0.05, 0.1) is 11.9 Å². The molecule has 4 rings (SSSR count). The maximum Gasteiger partial charge on any atom is 0.452 e. The first kappa shape index (κ1) is 22.1. The Morgan fingerprint density at radius 3 is 2.27 bits per heavy atom. The van der Waals surface area contributed by atoms with Gasteiger partial charge >= 0.3 is 6.18 Å². The van der Waals surface area contributed by atoms with E-state index in [0.717, 1.165) is 6.42 Å². The van der Waals surface area contributed by atoms with Crippen LogP contribution < -0.4 is 10.6 Å². The van der Waals surface area contributed by atoms with Gasteiger partial charge in [-0.05, 0) is 36.2 Å². The van der Waals surface area contributed by atoms with Gasteiger partial charge in [0.15, 0.2) is 5.69 Å². The summed E-state index contributed by atoms with van der Waals surface area (Å²) in [4.78, 5) is 20.6. The molecule has 9 heteroatoms. The quantitative estimate of drug-likeness (QED) is 0.378. The standard InChI is InChI=1S/C24H19F3N4O2/c25-24(26,27)21-20(31-23(33-21)17-9-5-2-6-10-17)22(32)30-18-11-12-19(29-15-18)28-14-13-16-7-3-1-4-8-16/h1-12,15H,13-14H2,(H,28,29)(H,30,32). The summed E-state index contributed by atoms with van der Waals surface area (Å²) in [6, 6.07) is 21.2.